The maximum Gasteiger partial charge on any atom is 0.229 e. The molecule has 1 fully saturated rings. The molecule has 0 unspecified atom stereocenters. The lowest BCUT2D eigenvalue weighted by Gasteiger charge is -2.13. The van der Waals surface area contributed by atoms with Gasteiger partial charge < -0.3 is 5.32 Å². The molecule has 68 valence electrons. The summed E-state index contributed by atoms with van der Waals surface area (Å²) < 4.78 is 0. The molecule has 2 rings (SSSR count). The first-order valence-electron chi connectivity index (χ1n) is 4.21. The molecule has 2 atom stereocenters. The summed E-state index contributed by atoms with van der Waals surface area (Å²) in [7, 11) is 0. The van der Waals surface area contributed by atoms with E-state index < -0.39 is 0 Å². The molecule has 2 aliphatic rings. The first kappa shape index (κ1) is 8.16. The van der Waals surface area contributed by atoms with E-state index in [9.17, 15) is 9.59 Å². The fourth-order valence-corrected chi connectivity index (χ4v) is 1.70. The van der Waals surface area contributed by atoms with Gasteiger partial charge in [0.2, 0.25) is 5.91 Å². The van der Waals surface area contributed by atoms with Gasteiger partial charge in [-0.1, -0.05) is 6.92 Å². The first-order chi connectivity index (χ1) is 6.09. The summed E-state index contributed by atoms with van der Waals surface area (Å²) in [6, 6.07) is 0. The van der Waals surface area contributed by atoms with Crippen molar-refractivity contribution in [2.75, 3.05) is 0 Å². The van der Waals surface area contributed by atoms with E-state index in [0.717, 1.165) is 0 Å². The lowest BCUT2D eigenvalue weighted by molar-refractivity contribution is -0.125. The Morgan fingerprint density at radius 2 is 2.15 bits per heavy atom. The number of allylic oxidation sites excluding steroid dienone is 2. The van der Waals surface area contributed by atoms with E-state index in [-0.39, 0.29) is 23.5 Å². The maximum absolute atomic E-state index is 11.5. The fourth-order valence-electron chi connectivity index (χ4n) is 1.70. The molecule has 13 heavy (non-hydrogen) atoms. The highest BCUT2D eigenvalue weighted by molar-refractivity contribution is 6.21. The Morgan fingerprint density at radius 3 is 2.85 bits per heavy atom. The van der Waals surface area contributed by atoms with Gasteiger partial charge in [-0.2, -0.15) is 0 Å². The van der Waals surface area contributed by atoms with Crippen LogP contribution in [0, 0.1) is 11.8 Å². The van der Waals surface area contributed by atoms with Crippen LogP contribution >= 0.6 is 0 Å². The molecule has 0 bridgehead atoms. The third kappa shape index (κ3) is 1.09. The number of fused-ring (bicyclic) bond motifs is 1. The van der Waals surface area contributed by atoms with Crippen LogP contribution in [0.3, 0.4) is 0 Å². The van der Waals surface area contributed by atoms with Crippen molar-refractivity contribution in [3.8, 4) is 0 Å². The smallest absolute Gasteiger partial charge is 0.229 e. The van der Waals surface area contributed by atoms with Gasteiger partial charge in [0.25, 0.3) is 0 Å². The van der Waals surface area contributed by atoms with E-state index in [4.69, 9.17) is 0 Å². The number of nitrogens with one attached hydrogen (secondary N) is 1. The van der Waals surface area contributed by atoms with Crippen LogP contribution in [0.2, 0.25) is 0 Å². The average molecular weight is 178 g/mol. The van der Waals surface area contributed by atoms with Crippen molar-refractivity contribution in [3.63, 3.8) is 0 Å². The molecular formula is C9H10N2O2. The number of hydrogen-bond donors (Lipinski definition) is 1. The van der Waals surface area contributed by atoms with Gasteiger partial charge in [-0.05, 0) is 6.92 Å². The monoisotopic (exact) mass is 178 g/mol. The van der Waals surface area contributed by atoms with Gasteiger partial charge in [-0.15, -0.1) is 0 Å². The predicted molar refractivity (Wildman–Crippen MR) is 47.0 cm³/mol. The Labute approximate surface area is 75.7 Å². The molecule has 1 saturated heterocycles. The lowest BCUT2D eigenvalue weighted by atomic mass is 9.90. The van der Waals surface area contributed by atoms with E-state index in [2.05, 4.69) is 10.3 Å². The molecule has 0 radical (unpaired) electrons. The quantitative estimate of drug-likeness (QED) is 0.578. The molecule has 0 aromatic carbocycles. The van der Waals surface area contributed by atoms with Gasteiger partial charge in [0.05, 0.1) is 11.8 Å². The minimum Gasteiger partial charge on any atom is -0.313 e. The minimum atomic E-state index is -0.365. The normalized spacial score (nSPS) is 32.2. The molecule has 0 saturated carbocycles. The number of amides is 1. The van der Waals surface area contributed by atoms with Crippen molar-refractivity contribution >= 4 is 17.5 Å². The van der Waals surface area contributed by atoms with E-state index in [0.29, 0.717) is 11.5 Å². The van der Waals surface area contributed by atoms with Crippen LogP contribution in [0.25, 0.3) is 0 Å². The van der Waals surface area contributed by atoms with Crippen LogP contribution in [0.4, 0.5) is 0 Å². The van der Waals surface area contributed by atoms with Crippen LogP contribution in [0.15, 0.2) is 16.8 Å². The third-order valence-corrected chi connectivity index (χ3v) is 2.41. The van der Waals surface area contributed by atoms with Crippen LogP contribution in [0.1, 0.15) is 13.8 Å². The van der Waals surface area contributed by atoms with Crippen molar-refractivity contribution in [3.05, 3.63) is 11.8 Å². The van der Waals surface area contributed by atoms with E-state index in [1.165, 1.54) is 6.08 Å². The largest absolute Gasteiger partial charge is 0.313 e. The van der Waals surface area contributed by atoms with Gasteiger partial charge in [-0.25, -0.2) is 4.99 Å². The molecule has 2 aliphatic heterocycles. The predicted octanol–water partition coefficient (Wildman–Crippen LogP) is 0.254. The SMILES string of the molecule is CC1=CC(=O)[C@H]2C(=N1)NC(=O)[C@@H]2C. The van der Waals surface area contributed by atoms with Crippen LogP contribution in [0.5, 0.6) is 0 Å². The fraction of sp³-hybridized carbons (Fsp3) is 0.444. The second-order valence-corrected chi connectivity index (χ2v) is 3.44. The number of rotatable bonds is 0. The summed E-state index contributed by atoms with van der Waals surface area (Å²) in [5.74, 6) is -0.261. The Balaban J connectivity index is 2.42. The standard InChI is InChI=1S/C9H10N2O2/c1-4-3-6(12)7-5(2)9(13)11-8(7)10-4/h3,5,7H,1-2H3,(H,10,11,13)/t5-,7+/m1/s1. The average Bonchev–Trinajstić information content (AvgIpc) is 2.27. The van der Waals surface area contributed by atoms with E-state index in [1.54, 1.807) is 13.8 Å². The number of aliphatic imine (C=N–C) groups is 1. The van der Waals surface area contributed by atoms with Gasteiger partial charge in [-0.3, -0.25) is 9.59 Å². The Hall–Kier alpha value is -1.45. The lowest BCUT2D eigenvalue weighted by Crippen LogP contribution is -2.29. The van der Waals surface area contributed by atoms with Gasteiger partial charge in [0.1, 0.15) is 5.84 Å². The molecule has 0 aliphatic carbocycles. The summed E-state index contributed by atoms with van der Waals surface area (Å²) in [5.41, 5.74) is 0.658. The number of carbonyl (C=O) groups excluding carboxylic acids is 2. The zero-order chi connectivity index (χ0) is 9.59. The first-order valence-corrected chi connectivity index (χ1v) is 4.21. The summed E-state index contributed by atoms with van der Waals surface area (Å²) in [6.07, 6.45) is 1.49. The van der Waals surface area contributed by atoms with Crippen LogP contribution in [-0.4, -0.2) is 17.5 Å². The number of amidine groups is 1. The van der Waals surface area contributed by atoms with Crippen molar-refractivity contribution in [1.29, 1.82) is 0 Å². The highest BCUT2D eigenvalue weighted by atomic mass is 16.2. The molecule has 4 heteroatoms. The van der Waals surface area contributed by atoms with Gasteiger partial charge >= 0.3 is 0 Å². The number of hydrogen-bond acceptors (Lipinski definition) is 3. The highest BCUT2D eigenvalue weighted by Crippen LogP contribution is 2.25. The third-order valence-electron chi connectivity index (χ3n) is 2.41. The Bertz CT molecular complexity index is 355. The molecule has 4 nitrogen and oxygen atoms in total. The molecule has 2 heterocycles. The molecular weight excluding hydrogens is 168 g/mol. The molecule has 0 aromatic rings. The highest BCUT2D eigenvalue weighted by Gasteiger charge is 2.42. The Morgan fingerprint density at radius 1 is 1.46 bits per heavy atom. The van der Waals surface area contributed by atoms with E-state index >= 15 is 0 Å². The summed E-state index contributed by atoms with van der Waals surface area (Å²) in [5, 5.41) is 2.62. The van der Waals surface area contributed by atoms with Crippen LogP contribution in [-0.2, 0) is 9.59 Å². The number of ketones is 1. The summed E-state index contributed by atoms with van der Waals surface area (Å²) in [6.45, 7) is 3.49. The van der Waals surface area contributed by atoms with Crippen molar-refractivity contribution in [2.24, 2.45) is 16.8 Å². The Kier molecular flexibility index (Phi) is 1.58. The molecule has 0 aromatic heterocycles. The maximum atomic E-state index is 11.5. The summed E-state index contributed by atoms with van der Waals surface area (Å²) in [4.78, 5) is 26.8. The second-order valence-electron chi connectivity index (χ2n) is 3.44. The van der Waals surface area contributed by atoms with Crippen molar-refractivity contribution in [1.82, 2.24) is 5.32 Å². The van der Waals surface area contributed by atoms with Crippen molar-refractivity contribution < 1.29 is 9.59 Å². The summed E-state index contributed by atoms with van der Waals surface area (Å²) >= 11 is 0. The van der Waals surface area contributed by atoms with Crippen molar-refractivity contribution in [2.45, 2.75) is 13.8 Å². The zero-order valence-electron chi connectivity index (χ0n) is 7.50. The molecule has 1 N–H and O–H groups in total. The number of carbonyl (C=O) groups is 2. The molecule has 1 amide bonds. The van der Waals surface area contributed by atoms with Gasteiger partial charge in [0, 0.05) is 11.8 Å². The van der Waals surface area contributed by atoms with E-state index in [1.807, 2.05) is 0 Å². The second kappa shape index (κ2) is 2.52. The van der Waals surface area contributed by atoms with Crippen LogP contribution < -0.4 is 5.32 Å². The topological polar surface area (TPSA) is 58.5 Å². The van der Waals surface area contributed by atoms with Gasteiger partial charge in [0.15, 0.2) is 5.78 Å². The molecule has 0 spiro atoms. The zero-order valence-corrected chi connectivity index (χ0v) is 7.50. The number of nitrogens with zero attached hydrogens (tertiary/aromatic N) is 1. The minimum absolute atomic E-state index is 0.0200.